The summed E-state index contributed by atoms with van der Waals surface area (Å²) in [6, 6.07) is 1.79. The van der Waals surface area contributed by atoms with Crippen LogP contribution in [0.25, 0.3) is 5.95 Å². The average molecular weight is 359 g/mol. The van der Waals surface area contributed by atoms with Gasteiger partial charge in [0.1, 0.15) is 5.82 Å². The second kappa shape index (κ2) is 8.78. The van der Waals surface area contributed by atoms with Crippen molar-refractivity contribution in [1.82, 2.24) is 19.7 Å². The van der Waals surface area contributed by atoms with Crippen LogP contribution in [0.3, 0.4) is 0 Å². The number of hydrogen-bond donors (Lipinski definition) is 2. The molecule has 26 heavy (non-hydrogen) atoms. The SMILES string of the molecule is CCCC(CCC)C(=O)Nc1cc(C)nn1-c1nc(C)c(CC)c(=O)[nH]1. The Hall–Kier alpha value is -2.44. The van der Waals surface area contributed by atoms with Gasteiger partial charge in [0.05, 0.1) is 5.69 Å². The molecule has 0 aliphatic carbocycles. The van der Waals surface area contributed by atoms with E-state index in [4.69, 9.17) is 0 Å². The molecule has 0 fully saturated rings. The molecule has 0 saturated carbocycles. The molecule has 2 aromatic rings. The van der Waals surface area contributed by atoms with Crippen LogP contribution >= 0.6 is 0 Å². The Morgan fingerprint density at radius 1 is 1.23 bits per heavy atom. The van der Waals surface area contributed by atoms with Gasteiger partial charge in [-0.3, -0.25) is 14.6 Å². The first kappa shape index (κ1) is 19.9. The normalized spacial score (nSPS) is 11.2. The lowest BCUT2D eigenvalue weighted by Gasteiger charge is -2.16. The van der Waals surface area contributed by atoms with Crippen LogP contribution in [0.15, 0.2) is 10.9 Å². The minimum absolute atomic E-state index is 0.0147. The molecule has 0 aliphatic rings. The Bertz CT molecular complexity index is 816. The Morgan fingerprint density at radius 3 is 2.42 bits per heavy atom. The molecule has 1 amide bonds. The van der Waals surface area contributed by atoms with E-state index in [9.17, 15) is 9.59 Å². The van der Waals surface area contributed by atoms with Gasteiger partial charge in [-0.15, -0.1) is 0 Å². The fourth-order valence-corrected chi connectivity index (χ4v) is 3.19. The molecule has 0 unspecified atom stereocenters. The number of nitrogens with zero attached hydrogens (tertiary/aromatic N) is 3. The molecule has 2 aromatic heterocycles. The van der Waals surface area contributed by atoms with Crippen molar-refractivity contribution in [1.29, 1.82) is 0 Å². The predicted octanol–water partition coefficient (Wildman–Crippen LogP) is 3.29. The number of aromatic amines is 1. The van der Waals surface area contributed by atoms with Crippen molar-refractivity contribution in [2.24, 2.45) is 5.92 Å². The largest absolute Gasteiger partial charge is 0.310 e. The van der Waals surface area contributed by atoms with Crippen LogP contribution in [0.5, 0.6) is 0 Å². The molecule has 0 atom stereocenters. The summed E-state index contributed by atoms with van der Waals surface area (Å²) in [6.45, 7) is 9.73. The summed E-state index contributed by atoms with van der Waals surface area (Å²) in [4.78, 5) is 32.2. The van der Waals surface area contributed by atoms with Crippen molar-refractivity contribution in [2.45, 2.75) is 66.7 Å². The molecule has 2 rings (SSSR count). The summed E-state index contributed by atoms with van der Waals surface area (Å²) in [5, 5.41) is 7.36. The first-order chi connectivity index (χ1) is 12.4. The maximum absolute atomic E-state index is 12.7. The lowest BCUT2D eigenvalue weighted by molar-refractivity contribution is -0.120. The quantitative estimate of drug-likeness (QED) is 0.756. The van der Waals surface area contributed by atoms with Crippen LogP contribution in [0.2, 0.25) is 0 Å². The van der Waals surface area contributed by atoms with Gasteiger partial charge in [-0.2, -0.15) is 9.78 Å². The first-order valence-corrected chi connectivity index (χ1v) is 9.38. The van der Waals surface area contributed by atoms with Crippen LogP contribution in [-0.4, -0.2) is 25.7 Å². The summed E-state index contributed by atoms with van der Waals surface area (Å²) in [6.07, 6.45) is 4.25. The van der Waals surface area contributed by atoms with Crippen LogP contribution < -0.4 is 10.9 Å². The topological polar surface area (TPSA) is 92.7 Å². The number of nitrogens with one attached hydrogen (secondary N) is 2. The van der Waals surface area contributed by atoms with Gasteiger partial charge in [0.25, 0.3) is 5.56 Å². The molecule has 7 nitrogen and oxygen atoms in total. The number of aryl methyl sites for hydroxylation is 2. The molecule has 0 spiro atoms. The smallest absolute Gasteiger partial charge is 0.255 e. The minimum Gasteiger partial charge on any atom is -0.310 e. The van der Waals surface area contributed by atoms with Gasteiger partial charge < -0.3 is 5.32 Å². The van der Waals surface area contributed by atoms with Crippen molar-refractivity contribution in [3.8, 4) is 5.95 Å². The number of H-pyrrole nitrogens is 1. The molecule has 0 bridgehead atoms. The summed E-state index contributed by atoms with van der Waals surface area (Å²) in [7, 11) is 0. The molecule has 142 valence electrons. The highest BCUT2D eigenvalue weighted by Crippen LogP contribution is 2.19. The standard InChI is InChI=1S/C19H29N5O2/c1-6-9-14(10-7-2)17(25)21-16-11-12(4)23-24(16)19-20-13(5)15(8-3)18(26)22-19/h11,14H,6-10H2,1-5H3,(H,21,25)(H,20,22,26). The Kier molecular flexibility index (Phi) is 6.71. The predicted molar refractivity (Wildman–Crippen MR) is 103 cm³/mol. The molecular formula is C19H29N5O2. The van der Waals surface area contributed by atoms with E-state index >= 15 is 0 Å². The highest BCUT2D eigenvalue weighted by Gasteiger charge is 2.20. The van der Waals surface area contributed by atoms with Gasteiger partial charge in [-0.05, 0) is 33.1 Å². The zero-order valence-corrected chi connectivity index (χ0v) is 16.3. The third kappa shape index (κ3) is 4.39. The molecule has 0 radical (unpaired) electrons. The van der Waals surface area contributed by atoms with Gasteiger partial charge in [0, 0.05) is 23.2 Å². The van der Waals surface area contributed by atoms with E-state index in [1.165, 1.54) is 4.68 Å². The molecule has 0 aromatic carbocycles. The second-order valence-corrected chi connectivity index (χ2v) is 6.65. The third-order valence-electron chi connectivity index (χ3n) is 4.49. The lowest BCUT2D eigenvalue weighted by atomic mass is 9.97. The zero-order chi connectivity index (χ0) is 19.3. The number of hydrogen-bond acceptors (Lipinski definition) is 4. The summed E-state index contributed by atoms with van der Waals surface area (Å²) in [5.41, 5.74) is 1.90. The van der Waals surface area contributed by atoms with Gasteiger partial charge in [-0.25, -0.2) is 4.98 Å². The van der Waals surface area contributed by atoms with Crippen LogP contribution in [0.4, 0.5) is 5.82 Å². The second-order valence-electron chi connectivity index (χ2n) is 6.65. The Labute approximate surface area is 154 Å². The van der Waals surface area contributed by atoms with Gasteiger partial charge >= 0.3 is 0 Å². The zero-order valence-electron chi connectivity index (χ0n) is 16.3. The molecule has 2 heterocycles. The van der Waals surface area contributed by atoms with E-state index in [0.717, 1.165) is 31.4 Å². The first-order valence-electron chi connectivity index (χ1n) is 9.38. The van der Waals surface area contributed by atoms with Crippen molar-refractivity contribution in [3.63, 3.8) is 0 Å². The highest BCUT2D eigenvalue weighted by molar-refractivity contribution is 5.92. The van der Waals surface area contributed by atoms with E-state index in [2.05, 4.69) is 34.2 Å². The molecule has 2 N–H and O–H groups in total. The number of amides is 1. The van der Waals surface area contributed by atoms with Crippen molar-refractivity contribution >= 4 is 11.7 Å². The Balaban J connectivity index is 2.36. The van der Waals surface area contributed by atoms with E-state index in [0.29, 0.717) is 29.4 Å². The van der Waals surface area contributed by atoms with Gasteiger partial charge in [0.15, 0.2) is 0 Å². The fourth-order valence-electron chi connectivity index (χ4n) is 3.19. The van der Waals surface area contributed by atoms with E-state index in [1.54, 1.807) is 6.07 Å². The van der Waals surface area contributed by atoms with Crippen LogP contribution in [0, 0.1) is 19.8 Å². The van der Waals surface area contributed by atoms with Crippen molar-refractivity contribution in [3.05, 3.63) is 33.4 Å². The maximum Gasteiger partial charge on any atom is 0.255 e. The van der Waals surface area contributed by atoms with E-state index in [-0.39, 0.29) is 17.4 Å². The van der Waals surface area contributed by atoms with Crippen LogP contribution in [0.1, 0.15) is 63.4 Å². The molecule has 7 heteroatoms. The molecule has 0 aliphatic heterocycles. The highest BCUT2D eigenvalue weighted by atomic mass is 16.2. The summed E-state index contributed by atoms with van der Waals surface area (Å²) >= 11 is 0. The maximum atomic E-state index is 12.7. The monoisotopic (exact) mass is 359 g/mol. The van der Waals surface area contributed by atoms with Gasteiger partial charge in [-0.1, -0.05) is 33.6 Å². The molecule has 0 saturated heterocycles. The van der Waals surface area contributed by atoms with Crippen molar-refractivity contribution < 1.29 is 4.79 Å². The fraction of sp³-hybridized carbons (Fsp3) is 0.579. The van der Waals surface area contributed by atoms with E-state index in [1.807, 2.05) is 20.8 Å². The lowest BCUT2D eigenvalue weighted by Crippen LogP contribution is -2.25. The summed E-state index contributed by atoms with van der Waals surface area (Å²) < 4.78 is 1.50. The third-order valence-corrected chi connectivity index (χ3v) is 4.49. The van der Waals surface area contributed by atoms with Gasteiger partial charge in [0.2, 0.25) is 11.9 Å². The van der Waals surface area contributed by atoms with Crippen molar-refractivity contribution in [2.75, 3.05) is 5.32 Å². The Morgan fingerprint density at radius 2 is 1.88 bits per heavy atom. The number of carbonyl (C=O) groups excluding carboxylic acids is 1. The number of rotatable bonds is 8. The van der Waals surface area contributed by atoms with Crippen LogP contribution in [-0.2, 0) is 11.2 Å². The average Bonchev–Trinajstić information content (AvgIpc) is 2.94. The number of anilines is 1. The minimum atomic E-state index is -0.171. The number of carbonyl (C=O) groups is 1. The number of aromatic nitrogens is 4. The molecular weight excluding hydrogens is 330 g/mol. The van der Waals surface area contributed by atoms with E-state index < -0.39 is 0 Å². The summed E-state index contributed by atoms with van der Waals surface area (Å²) in [5.74, 6) is 0.802.